The number of hydrogen-bond donors (Lipinski definition) is 0. The Bertz CT molecular complexity index is 1100. The van der Waals surface area contributed by atoms with E-state index >= 15 is 0 Å². The highest BCUT2D eigenvalue weighted by Crippen LogP contribution is 2.35. The number of pyridine rings is 1. The van der Waals surface area contributed by atoms with Crippen LogP contribution in [0.4, 0.5) is 13.2 Å². The van der Waals surface area contributed by atoms with E-state index < -0.39 is 23.3 Å². The molecule has 0 N–H and O–H groups in total. The predicted octanol–water partition coefficient (Wildman–Crippen LogP) is 4.81. The third-order valence-corrected chi connectivity index (χ3v) is 5.54. The van der Waals surface area contributed by atoms with Crippen molar-refractivity contribution in [3.63, 3.8) is 0 Å². The Balaban J connectivity index is 1.80. The Labute approximate surface area is 178 Å². The van der Waals surface area contributed by atoms with Crippen LogP contribution < -0.4 is 0 Å². The molecule has 9 heteroatoms. The molecule has 0 aromatic carbocycles. The van der Waals surface area contributed by atoms with Crippen molar-refractivity contribution in [1.29, 1.82) is 0 Å². The van der Waals surface area contributed by atoms with E-state index in [0.717, 1.165) is 23.4 Å². The molecule has 4 heterocycles. The third-order valence-electron chi connectivity index (χ3n) is 5.54. The normalized spacial score (nSPS) is 17.9. The first-order valence-electron chi connectivity index (χ1n) is 10.2. The Morgan fingerprint density at radius 3 is 2.45 bits per heavy atom. The standard InChI is InChI=1S/C22H24F3N5O/c1-21(2,3)17-13-18(22(23,24)25)30-19(27-17)12-15(28-30)16-6-4-5-11-29(16)20(31)14-7-9-26-10-8-14/h7-10,12-13,16H,4-6,11H2,1-3H3/t16-/m0/s1. The molecule has 6 nitrogen and oxygen atoms in total. The van der Waals surface area contributed by atoms with E-state index in [4.69, 9.17) is 0 Å². The number of amides is 1. The molecule has 1 saturated heterocycles. The quantitative estimate of drug-likeness (QED) is 0.584. The van der Waals surface area contributed by atoms with Gasteiger partial charge in [0.15, 0.2) is 5.65 Å². The van der Waals surface area contributed by atoms with E-state index in [1.165, 1.54) is 0 Å². The van der Waals surface area contributed by atoms with Crippen LogP contribution in [0.3, 0.4) is 0 Å². The summed E-state index contributed by atoms with van der Waals surface area (Å²) in [4.78, 5) is 23.2. The molecule has 0 spiro atoms. The number of piperidine rings is 1. The second kappa shape index (κ2) is 7.62. The summed E-state index contributed by atoms with van der Waals surface area (Å²) in [5, 5.41) is 4.28. The second-order valence-corrected chi connectivity index (χ2v) is 8.86. The first-order chi connectivity index (χ1) is 14.6. The molecule has 0 saturated carbocycles. The summed E-state index contributed by atoms with van der Waals surface area (Å²) in [6.45, 7) is 5.98. The van der Waals surface area contributed by atoms with Gasteiger partial charge in [-0.15, -0.1) is 0 Å². The summed E-state index contributed by atoms with van der Waals surface area (Å²) in [7, 11) is 0. The van der Waals surface area contributed by atoms with E-state index in [9.17, 15) is 18.0 Å². The Morgan fingerprint density at radius 2 is 1.81 bits per heavy atom. The molecule has 1 aliphatic rings. The molecule has 3 aromatic heterocycles. The number of carbonyl (C=O) groups excluding carboxylic acids is 1. The fraction of sp³-hybridized carbons (Fsp3) is 0.455. The number of rotatable bonds is 2. The molecule has 0 radical (unpaired) electrons. The van der Waals surface area contributed by atoms with Gasteiger partial charge in [0, 0.05) is 36.0 Å². The average Bonchev–Trinajstić information content (AvgIpc) is 3.16. The van der Waals surface area contributed by atoms with Crippen molar-refractivity contribution < 1.29 is 18.0 Å². The van der Waals surface area contributed by atoms with E-state index in [1.54, 1.807) is 35.5 Å². The van der Waals surface area contributed by atoms with Gasteiger partial charge in [-0.2, -0.15) is 18.3 Å². The maximum absolute atomic E-state index is 13.8. The number of aromatic nitrogens is 4. The molecule has 1 aliphatic heterocycles. The number of carbonyl (C=O) groups is 1. The maximum atomic E-state index is 13.8. The van der Waals surface area contributed by atoms with Crippen LogP contribution in [0.5, 0.6) is 0 Å². The van der Waals surface area contributed by atoms with E-state index in [2.05, 4.69) is 15.1 Å². The summed E-state index contributed by atoms with van der Waals surface area (Å²) in [6, 6.07) is 5.50. The lowest BCUT2D eigenvalue weighted by atomic mass is 9.91. The number of alkyl halides is 3. The molecule has 0 bridgehead atoms. The zero-order valence-electron chi connectivity index (χ0n) is 17.6. The van der Waals surface area contributed by atoms with Gasteiger partial charge in [-0.3, -0.25) is 9.78 Å². The van der Waals surface area contributed by atoms with E-state index in [1.807, 2.05) is 20.8 Å². The summed E-state index contributed by atoms with van der Waals surface area (Å²) < 4.78 is 42.3. The van der Waals surface area contributed by atoms with Gasteiger partial charge < -0.3 is 4.90 Å². The van der Waals surface area contributed by atoms with Crippen molar-refractivity contribution in [1.82, 2.24) is 24.5 Å². The van der Waals surface area contributed by atoms with Crippen LogP contribution in [0.25, 0.3) is 5.65 Å². The molecule has 1 amide bonds. The van der Waals surface area contributed by atoms with Crippen molar-refractivity contribution in [3.05, 3.63) is 59.3 Å². The molecular formula is C22H24F3N5O. The van der Waals surface area contributed by atoms with Crippen LogP contribution >= 0.6 is 0 Å². The fourth-order valence-corrected chi connectivity index (χ4v) is 3.88. The van der Waals surface area contributed by atoms with Gasteiger partial charge >= 0.3 is 6.18 Å². The highest BCUT2D eigenvalue weighted by Gasteiger charge is 2.37. The van der Waals surface area contributed by atoms with Crippen molar-refractivity contribution in [2.45, 2.75) is 57.7 Å². The zero-order chi connectivity index (χ0) is 22.4. The molecule has 31 heavy (non-hydrogen) atoms. The van der Waals surface area contributed by atoms with E-state index in [-0.39, 0.29) is 11.6 Å². The lowest BCUT2D eigenvalue weighted by molar-refractivity contribution is -0.142. The molecule has 0 aliphatic carbocycles. The summed E-state index contributed by atoms with van der Waals surface area (Å²) in [5.41, 5.74) is -0.0263. The molecule has 3 aromatic rings. The summed E-state index contributed by atoms with van der Waals surface area (Å²) in [5.74, 6) is -0.177. The first-order valence-corrected chi connectivity index (χ1v) is 10.2. The third kappa shape index (κ3) is 4.13. The summed E-state index contributed by atoms with van der Waals surface area (Å²) in [6.07, 6.45) is 0.847. The van der Waals surface area contributed by atoms with Gasteiger partial charge in [0.2, 0.25) is 0 Å². The molecular weight excluding hydrogens is 407 g/mol. The van der Waals surface area contributed by atoms with Gasteiger partial charge in [-0.05, 0) is 37.5 Å². The van der Waals surface area contributed by atoms with Crippen molar-refractivity contribution in [3.8, 4) is 0 Å². The largest absolute Gasteiger partial charge is 0.433 e. The topological polar surface area (TPSA) is 63.4 Å². The highest BCUT2D eigenvalue weighted by atomic mass is 19.4. The monoisotopic (exact) mass is 431 g/mol. The van der Waals surface area contributed by atoms with Crippen LogP contribution in [-0.4, -0.2) is 36.9 Å². The lowest BCUT2D eigenvalue weighted by Gasteiger charge is -2.34. The minimum atomic E-state index is -4.58. The Kier molecular flexibility index (Phi) is 5.23. The Hall–Kier alpha value is -2.97. The van der Waals surface area contributed by atoms with Crippen molar-refractivity contribution in [2.75, 3.05) is 6.54 Å². The number of likely N-dealkylation sites (tertiary alicyclic amines) is 1. The van der Waals surface area contributed by atoms with Gasteiger partial charge in [0.1, 0.15) is 5.69 Å². The van der Waals surface area contributed by atoms with Gasteiger partial charge in [0.25, 0.3) is 5.91 Å². The molecule has 4 rings (SSSR count). The zero-order valence-corrected chi connectivity index (χ0v) is 17.6. The number of fused-ring (bicyclic) bond motifs is 1. The van der Waals surface area contributed by atoms with Crippen LogP contribution in [0.1, 0.15) is 73.5 Å². The summed E-state index contributed by atoms with van der Waals surface area (Å²) >= 11 is 0. The highest BCUT2D eigenvalue weighted by molar-refractivity contribution is 5.94. The molecule has 1 atom stereocenters. The number of hydrogen-bond acceptors (Lipinski definition) is 4. The maximum Gasteiger partial charge on any atom is 0.433 e. The van der Waals surface area contributed by atoms with Crippen molar-refractivity contribution >= 4 is 11.6 Å². The van der Waals surface area contributed by atoms with Crippen LogP contribution in [0.15, 0.2) is 36.7 Å². The molecule has 164 valence electrons. The van der Waals surface area contributed by atoms with Gasteiger partial charge in [-0.25, -0.2) is 9.50 Å². The van der Waals surface area contributed by atoms with Crippen LogP contribution in [0.2, 0.25) is 0 Å². The molecule has 1 fully saturated rings. The second-order valence-electron chi connectivity index (χ2n) is 8.86. The Morgan fingerprint density at radius 1 is 1.10 bits per heavy atom. The minimum absolute atomic E-state index is 0.136. The van der Waals surface area contributed by atoms with Crippen LogP contribution in [-0.2, 0) is 11.6 Å². The fourth-order valence-electron chi connectivity index (χ4n) is 3.88. The van der Waals surface area contributed by atoms with Gasteiger partial charge in [0.05, 0.1) is 17.4 Å². The van der Waals surface area contributed by atoms with Crippen molar-refractivity contribution in [2.24, 2.45) is 0 Å². The first kappa shape index (κ1) is 21.3. The SMILES string of the molecule is CC(C)(C)c1cc(C(F)(F)F)n2nc([C@@H]3CCCCN3C(=O)c3ccncc3)cc2n1. The smallest absolute Gasteiger partial charge is 0.330 e. The lowest BCUT2D eigenvalue weighted by Crippen LogP contribution is -2.38. The predicted molar refractivity (Wildman–Crippen MR) is 109 cm³/mol. The minimum Gasteiger partial charge on any atom is -0.330 e. The van der Waals surface area contributed by atoms with Crippen LogP contribution in [0, 0.1) is 0 Å². The number of halogens is 3. The van der Waals surface area contributed by atoms with E-state index in [0.29, 0.717) is 29.9 Å². The number of nitrogens with zero attached hydrogens (tertiary/aromatic N) is 5. The van der Waals surface area contributed by atoms with Gasteiger partial charge in [-0.1, -0.05) is 20.8 Å². The molecule has 0 unspecified atom stereocenters. The average molecular weight is 431 g/mol.